The number of nitrogens with zero attached hydrogens (tertiary/aromatic N) is 5. The summed E-state index contributed by atoms with van der Waals surface area (Å²) in [6, 6.07) is 9.53. The van der Waals surface area contributed by atoms with Gasteiger partial charge in [-0.15, -0.1) is 11.3 Å². The van der Waals surface area contributed by atoms with Crippen LogP contribution in [0.25, 0.3) is 0 Å². The van der Waals surface area contributed by atoms with Crippen LogP contribution in [0.3, 0.4) is 0 Å². The standard InChI is InChI=1S/C22H27N5O2S/c1-16-20(30-15-23-16)14-25-8-7-18-19(13-25)29-24-21(18)26-9-11-27(12-10-26)22(28)17-5-3-2-4-6-17/h2-6,15,18-19H,7-14H2,1H3/t18-,19+/m0/s1. The van der Waals surface area contributed by atoms with Crippen molar-refractivity contribution in [2.45, 2.75) is 26.0 Å². The van der Waals surface area contributed by atoms with E-state index in [-0.39, 0.29) is 12.0 Å². The van der Waals surface area contributed by atoms with Gasteiger partial charge in [0.25, 0.3) is 5.91 Å². The Bertz CT molecular complexity index is 923. The number of fused-ring (bicyclic) bond motifs is 1. The Morgan fingerprint density at radius 1 is 1.17 bits per heavy atom. The number of thiazole rings is 1. The van der Waals surface area contributed by atoms with Crippen molar-refractivity contribution in [2.24, 2.45) is 11.1 Å². The molecule has 0 aliphatic carbocycles. The Morgan fingerprint density at radius 2 is 1.97 bits per heavy atom. The van der Waals surface area contributed by atoms with E-state index in [2.05, 4.69) is 26.9 Å². The first-order valence-corrected chi connectivity index (χ1v) is 11.5. The summed E-state index contributed by atoms with van der Waals surface area (Å²) in [6.45, 7) is 8.05. The summed E-state index contributed by atoms with van der Waals surface area (Å²) >= 11 is 1.73. The summed E-state index contributed by atoms with van der Waals surface area (Å²) < 4.78 is 0. The molecule has 2 aromatic rings. The van der Waals surface area contributed by atoms with Crippen molar-refractivity contribution in [2.75, 3.05) is 39.3 Å². The number of amidine groups is 1. The number of piperazine rings is 1. The number of likely N-dealkylation sites (tertiary alicyclic amines) is 1. The van der Waals surface area contributed by atoms with Crippen LogP contribution in [0.2, 0.25) is 0 Å². The maximum absolute atomic E-state index is 12.7. The molecule has 8 heteroatoms. The molecule has 7 nitrogen and oxygen atoms in total. The van der Waals surface area contributed by atoms with Gasteiger partial charge in [0.2, 0.25) is 0 Å². The first-order valence-electron chi connectivity index (χ1n) is 10.6. The van der Waals surface area contributed by atoms with Crippen molar-refractivity contribution in [3.05, 3.63) is 52.0 Å². The lowest BCUT2D eigenvalue weighted by atomic mass is 9.92. The topological polar surface area (TPSA) is 61.3 Å². The van der Waals surface area contributed by atoms with Crippen molar-refractivity contribution >= 4 is 23.1 Å². The van der Waals surface area contributed by atoms with E-state index >= 15 is 0 Å². The monoisotopic (exact) mass is 425 g/mol. The predicted octanol–water partition coefficient (Wildman–Crippen LogP) is 2.44. The smallest absolute Gasteiger partial charge is 0.253 e. The summed E-state index contributed by atoms with van der Waals surface area (Å²) in [5.41, 5.74) is 3.82. The molecule has 4 heterocycles. The molecule has 0 spiro atoms. The molecule has 3 aliphatic heterocycles. The van der Waals surface area contributed by atoms with E-state index in [1.54, 1.807) is 11.3 Å². The normalized spacial score (nSPS) is 24.4. The molecule has 2 saturated heterocycles. The highest BCUT2D eigenvalue weighted by molar-refractivity contribution is 7.09. The number of aromatic nitrogens is 1. The van der Waals surface area contributed by atoms with E-state index in [1.807, 2.05) is 40.7 Å². The number of benzene rings is 1. The van der Waals surface area contributed by atoms with Crippen LogP contribution in [-0.2, 0) is 11.4 Å². The highest BCUT2D eigenvalue weighted by Crippen LogP contribution is 2.30. The summed E-state index contributed by atoms with van der Waals surface area (Å²) in [7, 11) is 0. The molecule has 2 atom stereocenters. The minimum Gasteiger partial charge on any atom is -0.389 e. The zero-order valence-corrected chi connectivity index (χ0v) is 18.1. The van der Waals surface area contributed by atoms with Gasteiger partial charge < -0.3 is 14.6 Å². The van der Waals surface area contributed by atoms with Crippen molar-refractivity contribution < 1.29 is 9.63 Å². The minimum atomic E-state index is 0.115. The maximum Gasteiger partial charge on any atom is 0.253 e. The summed E-state index contributed by atoms with van der Waals surface area (Å²) in [6.07, 6.45) is 1.19. The SMILES string of the molecule is Cc1ncsc1CN1CC[C@@H]2C(N3CCN(C(=O)c4ccccc4)CC3)=NO[C@@H]2C1. The van der Waals surface area contributed by atoms with Gasteiger partial charge >= 0.3 is 0 Å². The van der Waals surface area contributed by atoms with Crippen molar-refractivity contribution in [1.82, 2.24) is 19.7 Å². The van der Waals surface area contributed by atoms with Crippen LogP contribution >= 0.6 is 11.3 Å². The van der Waals surface area contributed by atoms with Gasteiger partial charge in [0.1, 0.15) is 6.10 Å². The molecular weight excluding hydrogens is 398 g/mol. The van der Waals surface area contributed by atoms with Crippen molar-refractivity contribution in [3.8, 4) is 0 Å². The molecular formula is C22H27N5O2S. The molecule has 0 N–H and O–H groups in total. The average Bonchev–Trinajstić information content (AvgIpc) is 3.40. The van der Waals surface area contributed by atoms with E-state index in [0.717, 1.165) is 69.3 Å². The summed E-state index contributed by atoms with van der Waals surface area (Å²) in [4.78, 5) is 31.0. The second-order valence-electron chi connectivity index (χ2n) is 8.23. The Hall–Kier alpha value is -2.45. The zero-order valence-electron chi connectivity index (χ0n) is 17.2. The quantitative estimate of drug-likeness (QED) is 0.756. The van der Waals surface area contributed by atoms with Gasteiger partial charge in [0.05, 0.1) is 17.1 Å². The van der Waals surface area contributed by atoms with Crippen LogP contribution < -0.4 is 0 Å². The highest BCUT2D eigenvalue weighted by Gasteiger charge is 2.42. The second-order valence-corrected chi connectivity index (χ2v) is 9.17. The number of hydrogen-bond donors (Lipinski definition) is 0. The maximum atomic E-state index is 12.7. The van der Waals surface area contributed by atoms with Gasteiger partial charge in [-0.25, -0.2) is 4.98 Å². The number of piperidine rings is 1. The molecule has 158 valence electrons. The van der Waals surface area contributed by atoms with Gasteiger partial charge in [0.15, 0.2) is 5.84 Å². The van der Waals surface area contributed by atoms with Crippen LogP contribution in [0.15, 0.2) is 41.0 Å². The van der Waals surface area contributed by atoms with E-state index < -0.39 is 0 Å². The molecule has 1 aromatic carbocycles. The molecule has 30 heavy (non-hydrogen) atoms. The van der Waals surface area contributed by atoms with Gasteiger partial charge in [-0.2, -0.15) is 0 Å². The molecule has 1 aromatic heterocycles. The lowest BCUT2D eigenvalue weighted by Crippen LogP contribution is -2.53. The highest BCUT2D eigenvalue weighted by atomic mass is 32.1. The molecule has 5 rings (SSSR count). The number of amides is 1. The predicted molar refractivity (Wildman–Crippen MR) is 116 cm³/mol. The van der Waals surface area contributed by atoms with E-state index in [9.17, 15) is 4.79 Å². The average molecular weight is 426 g/mol. The molecule has 0 bridgehead atoms. The number of carbonyl (C=O) groups excluding carboxylic acids is 1. The van der Waals surface area contributed by atoms with Gasteiger partial charge in [-0.3, -0.25) is 9.69 Å². The number of oxime groups is 1. The Kier molecular flexibility index (Phi) is 5.43. The molecule has 3 aliphatic rings. The number of rotatable bonds is 3. The number of aryl methyl sites for hydroxylation is 1. The molecule has 0 radical (unpaired) electrons. The van der Waals surface area contributed by atoms with Crippen LogP contribution in [0.1, 0.15) is 27.3 Å². The lowest BCUT2D eigenvalue weighted by molar-refractivity contribution is 0.00383. The first-order chi connectivity index (χ1) is 14.7. The fourth-order valence-electron chi connectivity index (χ4n) is 4.59. The Balaban J connectivity index is 1.15. The fourth-order valence-corrected chi connectivity index (χ4v) is 5.41. The first kappa shape index (κ1) is 19.5. The third kappa shape index (κ3) is 3.81. The molecule has 0 unspecified atom stereocenters. The molecule has 2 fully saturated rings. The summed E-state index contributed by atoms with van der Waals surface area (Å²) in [5, 5.41) is 4.48. The zero-order chi connectivity index (χ0) is 20.5. The van der Waals surface area contributed by atoms with E-state index in [4.69, 9.17) is 4.84 Å². The molecule has 0 saturated carbocycles. The van der Waals surface area contributed by atoms with Crippen molar-refractivity contribution in [3.63, 3.8) is 0 Å². The minimum absolute atomic E-state index is 0.115. The van der Waals surface area contributed by atoms with Crippen molar-refractivity contribution in [1.29, 1.82) is 0 Å². The van der Waals surface area contributed by atoms with Gasteiger partial charge in [0, 0.05) is 49.7 Å². The number of hydrogen-bond acceptors (Lipinski definition) is 7. The van der Waals surface area contributed by atoms with E-state index in [1.165, 1.54) is 4.88 Å². The fraction of sp³-hybridized carbons (Fsp3) is 0.500. The largest absolute Gasteiger partial charge is 0.389 e. The Labute approximate surface area is 180 Å². The second kappa shape index (κ2) is 8.35. The van der Waals surface area contributed by atoms with Crippen LogP contribution in [-0.4, -0.2) is 76.8 Å². The summed E-state index contributed by atoms with van der Waals surface area (Å²) in [5.74, 6) is 1.56. The van der Waals surface area contributed by atoms with Crippen LogP contribution in [0.5, 0.6) is 0 Å². The third-order valence-electron chi connectivity index (χ3n) is 6.38. The van der Waals surface area contributed by atoms with Crippen LogP contribution in [0, 0.1) is 12.8 Å². The van der Waals surface area contributed by atoms with Crippen LogP contribution in [0.4, 0.5) is 0 Å². The van der Waals surface area contributed by atoms with Gasteiger partial charge in [-0.1, -0.05) is 23.4 Å². The number of carbonyl (C=O) groups is 1. The lowest BCUT2D eigenvalue weighted by Gasteiger charge is -2.39. The van der Waals surface area contributed by atoms with E-state index in [0.29, 0.717) is 5.92 Å². The molecule has 1 amide bonds. The Morgan fingerprint density at radius 3 is 2.70 bits per heavy atom. The third-order valence-corrected chi connectivity index (χ3v) is 7.30. The van der Waals surface area contributed by atoms with Gasteiger partial charge in [-0.05, 0) is 32.0 Å².